The van der Waals surface area contributed by atoms with Crippen LogP contribution >= 0.6 is 0 Å². The fourth-order valence-electron chi connectivity index (χ4n) is 5.35. The number of hydrogen-bond donors (Lipinski definition) is 0. The number of rotatable bonds is 0. The monoisotopic (exact) mass is 641 g/mol. The smallest absolute Gasteiger partial charge is 0.0334 e. The molecule has 2 aliphatic rings. The molecule has 2 fully saturated rings. The van der Waals surface area contributed by atoms with Crippen molar-refractivity contribution in [2.75, 3.05) is 0 Å². The summed E-state index contributed by atoms with van der Waals surface area (Å²) < 4.78 is 0. The third-order valence-electron chi connectivity index (χ3n) is 10.5. The van der Waals surface area contributed by atoms with Crippen LogP contribution < -0.4 is 0 Å². The van der Waals surface area contributed by atoms with Crippen molar-refractivity contribution in [1.29, 1.82) is 0 Å². The molecule has 0 N–H and O–H groups in total. The Balaban J connectivity index is -0.000000147. The van der Waals surface area contributed by atoms with Gasteiger partial charge in [0.2, 0.25) is 0 Å². The Morgan fingerprint density at radius 1 is 0.400 bits per heavy atom. The van der Waals surface area contributed by atoms with Crippen molar-refractivity contribution in [2.24, 2.45) is 55.7 Å². The average molecular weight is 641 g/mol. The quantitative estimate of drug-likeness (QED) is 0.247. The molecule has 0 atom stereocenters. The first-order valence-corrected chi connectivity index (χ1v) is 18.6. The molecular formula is C45H100. The molecule has 0 heteroatoms. The minimum atomic E-state index is 0. The SMILES string of the molecule is C.C.CC(C)(C)C(C)(C)C.CC(C)(C)C1CCCC1.CC(C)(C)C1CCCCC1.CC(C)(C)CC(C)(C)C.CC(C)C(C)(C)C. The highest BCUT2D eigenvalue weighted by molar-refractivity contribution is 4.79. The van der Waals surface area contributed by atoms with E-state index in [0.717, 1.165) is 17.8 Å². The molecular weight excluding hydrogens is 540 g/mol. The van der Waals surface area contributed by atoms with E-state index in [4.69, 9.17) is 0 Å². The molecule has 0 aromatic carbocycles. The fourth-order valence-corrected chi connectivity index (χ4v) is 5.35. The van der Waals surface area contributed by atoms with Crippen molar-refractivity contribution in [2.45, 2.75) is 238 Å². The van der Waals surface area contributed by atoms with Gasteiger partial charge in [0.1, 0.15) is 0 Å². The second kappa shape index (κ2) is 21.9. The van der Waals surface area contributed by atoms with Crippen molar-refractivity contribution in [3.63, 3.8) is 0 Å². The maximum absolute atomic E-state index is 2.38. The minimum absolute atomic E-state index is 0. The van der Waals surface area contributed by atoms with Gasteiger partial charge in [0.25, 0.3) is 0 Å². The molecule has 0 aliphatic heterocycles. The summed E-state index contributed by atoms with van der Waals surface area (Å²) in [4.78, 5) is 0. The highest BCUT2D eigenvalue weighted by Gasteiger charge is 2.28. The standard InChI is InChI=1S/C10H20.C9H18.C9H20.C8H18.C7H16.2CH4/c1-10(2,3)9-7-5-4-6-8-9;1-9(2,3)8-6-4-5-7-8;1-8(2,3)7-9(4,5)6;1-7(2,3)8(4,5)6;1-6(2)7(3,4)5;;/h9H,4-8H2,1-3H3;8H,4-7H2,1-3H3;7H2,1-6H3;1-6H3;6H,1-5H3;2*1H4. The number of hydrogen-bond acceptors (Lipinski definition) is 0. The van der Waals surface area contributed by atoms with Gasteiger partial charge in [0.05, 0.1) is 0 Å². The zero-order chi connectivity index (χ0) is 35.3. The van der Waals surface area contributed by atoms with Crippen molar-refractivity contribution in [1.82, 2.24) is 0 Å². The zero-order valence-electron chi connectivity index (χ0n) is 35.3. The minimum Gasteiger partial charge on any atom is -0.0776 e. The van der Waals surface area contributed by atoms with Crippen LogP contribution in [0.5, 0.6) is 0 Å². The van der Waals surface area contributed by atoms with Crippen LogP contribution in [0.2, 0.25) is 0 Å². The second-order valence-corrected chi connectivity index (χ2v) is 22.4. The molecule has 0 bridgehead atoms. The van der Waals surface area contributed by atoms with E-state index in [1.165, 1.54) is 64.2 Å². The van der Waals surface area contributed by atoms with Gasteiger partial charge in [-0.1, -0.05) is 206 Å². The first kappa shape index (κ1) is 54.5. The molecule has 2 saturated carbocycles. The van der Waals surface area contributed by atoms with Crippen LogP contribution in [0, 0.1) is 55.7 Å². The lowest BCUT2D eigenvalue weighted by Crippen LogP contribution is -2.25. The third kappa shape index (κ3) is 33.7. The molecule has 2 aliphatic carbocycles. The Bertz CT molecular complexity index is 619. The lowest BCUT2D eigenvalue weighted by molar-refractivity contribution is 0.157. The van der Waals surface area contributed by atoms with Crippen molar-refractivity contribution in [3.05, 3.63) is 0 Å². The summed E-state index contributed by atoms with van der Waals surface area (Å²) >= 11 is 0. The van der Waals surface area contributed by atoms with Gasteiger partial charge in [-0.2, -0.15) is 0 Å². The molecule has 0 saturated heterocycles. The highest BCUT2D eigenvalue weighted by atomic mass is 14.3. The van der Waals surface area contributed by atoms with Gasteiger partial charge in [-0.25, -0.2) is 0 Å². The second-order valence-electron chi connectivity index (χ2n) is 22.4. The molecule has 0 aromatic heterocycles. The van der Waals surface area contributed by atoms with Crippen LogP contribution in [-0.2, 0) is 0 Å². The molecule has 0 heterocycles. The summed E-state index contributed by atoms with van der Waals surface area (Å²) in [6.07, 6.45) is 14.6. The lowest BCUT2D eigenvalue weighted by atomic mass is 9.71. The third-order valence-corrected chi connectivity index (χ3v) is 10.5. The van der Waals surface area contributed by atoms with Crippen LogP contribution in [0.4, 0.5) is 0 Å². The van der Waals surface area contributed by atoms with Gasteiger partial charge in [-0.3, -0.25) is 0 Å². The summed E-state index contributed by atoms with van der Waals surface area (Å²) in [5.41, 5.74) is 3.49. The molecule has 0 amide bonds. The van der Waals surface area contributed by atoms with E-state index in [-0.39, 0.29) is 14.9 Å². The van der Waals surface area contributed by atoms with E-state index < -0.39 is 0 Å². The van der Waals surface area contributed by atoms with Gasteiger partial charge in [-0.05, 0) is 87.8 Å². The van der Waals surface area contributed by atoms with Crippen molar-refractivity contribution < 1.29 is 0 Å². The zero-order valence-corrected chi connectivity index (χ0v) is 35.3. The molecule has 0 nitrogen and oxygen atoms in total. The fraction of sp³-hybridized carbons (Fsp3) is 1.00. The Morgan fingerprint density at radius 2 is 0.600 bits per heavy atom. The van der Waals surface area contributed by atoms with Gasteiger partial charge in [0, 0.05) is 0 Å². The van der Waals surface area contributed by atoms with Crippen LogP contribution in [0.1, 0.15) is 238 Å². The van der Waals surface area contributed by atoms with Crippen LogP contribution in [0.3, 0.4) is 0 Å². The van der Waals surface area contributed by atoms with E-state index in [9.17, 15) is 0 Å². The molecule has 2 rings (SSSR count). The van der Waals surface area contributed by atoms with Crippen molar-refractivity contribution >= 4 is 0 Å². The topological polar surface area (TPSA) is 0 Å². The maximum atomic E-state index is 2.38. The largest absolute Gasteiger partial charge is 0.0776 e. The first-order chi connectivity index (χ1) is 18.6. The normalized spacial score (nSPS) is 17.1. The summed E-state index contributed by atoms with van der Waals surface area (Å²) in [6, 6.07) is 0. The molecule has 45 heavy (non-hydrogen) atoms. The van der Waals surface area contributed by atoms with E-state index in [0.29, 0.717) is 37.9 Å². The highest BCUT2D eigenvalue weighted by Crippen LogP contribution is 2.39. The summed E-state index contributed by atoms with van der Waals surface area (Å²) in [5, 5.41) is 0. The molecule has 0 unspecified atom stereocenters. The Hall–Kier alpha value is 0. The van der Waals surface area contributed by atoms with Crippen LogP contribution in [0.15, 0.2) is 0 Å². The Morgan fingerprint density at radius 3 is 0.689 bits per heavy atom. The van der Waals surface area contributed by atoms with E-state index >= 15 is 0 Å². The molecule has 0 spiro atoms. The average Bonchev–Trinajstić information content (AvgIpc) is 3.26. The van der Waals surface area contributed by atoms with E-state index in [1.54, 1.807) is 0 Å². The Labute approximate surface area is 293 Å². The first-order valence-electron chi connectivity index (χ1n) is 18.6. The maximum Gasteiger partial charge on any atom is -0.0334 e. The predicted octanol–water partition coefficient (Wildman–Crippen LogP) is 17.3. The van der Waals surface area contributed by atoms with Gasteiger partial charge in [0.15, 0.2) is 0 Å². The van der Waals surface area contributed by atoms with E-state index in [2.05, 4.69) is 159 Å². The van der Waals surface area contributed by atoms with Gasteiger partial charge >= 0.3 is 0 Å². The summed E-state index contributed by atoms with van der Waals surface area (Å²) in [5.74, 6) is 2.81. The molecule has 280 valence electrons. The van der Waals surface area contributed by atoms with E-state index in [1.807, 2.05) is 0 Å². The predicted molar refractivity (Wildman–Crippen MR) is 218 cm³/mol. The Kier molecular flexibility index (Phi) is 26.5. The lowest BCUT2D eigenvalue weighted by Gasteiger charge is -2.34. The van der Waals surface area contributed by atoms with Crippen LogP contribution in [-0.4, -0.2) is 0 Å². The van der Waals surface area contributed by atoms with Crippen LogP contribution in [0.25, 0.3) is 0 Å². The summed E-state index contributed by atoms with van der Waals surface area (Å²) in [7, 11) is 0. The molecule has 0 radical (unpaired) electrons. The van der Waals surface area contributed by atoms with Gasteiger partial charge < -0.3 is 0 Å². The molecule has 0 aromatic rings. The van der Waals surface area contributed by atoms with Crippen molar-refractivity contribution in [3.8, 4) is 0 Å². The van der Waals surface area contributed by atoms with Gasteiger partial charge in [-0.15, -0.1) is 0 Å². The summed E-state index contributed by atoms with van der Waals surface area (Å²) in [6.45, 7) is 52.9.